The first-order valence-electron chi connectivity index (χ1n) is 10.9. The highest BCUT2D eigenvalue weighted by molar-refractivity contribution is 6.04. The van der Waals surface area contributed by atoms with Gasteiger partial charge in [0.15, 0.2) is 0 Å². The number of hydrogen-bond acceptors (Lipinski definition) is 7. The van der Waals surface area contributed by atoms with E-state index in [2.05, 4.69) is 20.0 Å². The molecule has 3 heterocycles. The number of ether oxygens (including phenoxy) is 3. The van der Waals surface area contributed by atoms with Gasteiger partial charge in [-0.3, -0.25) is 9.69 Å². The number of H-pyrrole nitrogens is 2. The van der Waals surface area contributed by atoms with E-state index in [0.29, 0.717) is 36.5 Å². The predicted molar refractivity (Wildman–Crippen MR) is 129 cm³/mol. The minimum Gasteiger partial charge on any atom is -0.497 e. The van der Waals surface area contributed by atoms with Crippen LogP contribution in [0, 0.1) is 0 Å². The highest BCUT2D eigenvalue weighted by atomic mass is 16.5. The summed E-state index contributed by atoms with van der Waals surface area (Å²) in [6.07, 6.45) is 1.50. The third-order valence-electron chi connectivity index (χ3n) is 5.96. The summed E-state index contributed by atoms with van der Waals surface area (Å²) in [6, 6.07) is 11.0. The summed E-state index contributed by atoms with van der Waals surface area (Å²) in [5, 5.41) is 4.92. The lowest BCUT2D eigenvalue weighted by Gasteiger charge is -2.27. The molecule has 0 radical (unpaired) electrons. The van der Waals surface area contributed by atoms with Crippen LogP contribution in [0.1, 0.15) is 11.1 Å². The van der Waals surface area contributed by atoms with Crippen molar-refractivity contribution in [1.82, 2.24) is 19.5 Å². The first-order valence-corrected chi connectivity index (χ1v) is 10.9. The Morgan fingerprint density at radius 2 is 1.85 bits per heavy atom. The average molecular weight is 463 g/mol. The van der Waals surface area contributed by atoms with Crippen molar-refractivity contribution in [2.24, 2.45) is 5.10 Å². The molecule has 2 N–H and O–H groups in total. The molecule has 4 aromatic rings. The Balaban J connectivity index is 1.50. The van der Waals surface area contributed by atoms with Crippen LogP contribution in [0.4, 0.5) is 0 Å². The van der Waals surface area contributed by atoms with Gasteiger partial charge in [0.05, 0.1) is 44.7 Å². The van der Waals surface area contributed by atoms with Gasteiger partial charge in [0.1, 0.15) is 17.0 Å². The lowest BCUT2D eigenvalue weighted by atomic mass is 10.1. The van der Waals surface area contributed by atoms with E-state index in [1.165, 1.54) is 6.21 Å². The zero-order valence-electron chi connectivity index (χ0n) is 19.0. The van der Waals surface area contributed by atoms with E-state index < -0.39 is 11.2 Å². The maximum Gasteiger partial charge on any atom is 0.350 e. The van der Waals surface area contributed by atoms with Crippen molar-refractivity contribution in [3.8, 4) is 11.5 Å². The summed E-state index contributed by atoms with van der Waals surface area (Å²) in [5.74, 6) is 1.42. The summed E-state index contributed by atoms with van der Waals surface area (Å²) in [4.78, 5) is 33.9. The molecule has 0 spiro atoms. The molecular weight excluding hydrogens is 438 g/mol. The van der Waals surface area contributed by atoms with Crippen LogP contribution in [0.2, 0.25) is 0 Å². The quantitative estimate of drug-likeness (QED) is 0.422. The van der Waals surface area contributed by atoms with Crippen LogP contribution < -0.4 is 20.7 Å². The van der Waals surface area contributed by atoms with Gasteiger partial charge in [-0.15, -0.1) is 4.68 Å². The van der Waals surface area contributed by atoms with Gasteiger partial charge in [-0.25, -0.2) is 4.79 Å². The second-order valence-electron chi connectivity index (χ2n) is 8.04. The van der Waals surface area contributed by atoms with Crippen molar-refractivity contribution < 1.29 is 14.2 Å². The number of aromatic nitrogens is 3. The van der Waals surface area contributed by atoms with Crippen LogP contribution >= 0.6 is 0 Å². The van der Waals surface area contributed by atoms with Gasteiger partial charge < -0.3 is 24.2 Å². The van der Waals surface area contributed by atoms with E-state index in [1.807, 2.05) is 18.2 Å². The molecule has 2 aromatic carbocycles. The lowest BCUT2D eigenvalue weighted by Crippen LogP contribution is -2.35. The number of methoxy groups -OCH3 is 2. The second kappa shape index (κ2) is 9.16. The van der Waals surface area contributed by atoms with Gasteiger partial charge in [0, 0.05) is 36.7 Å². The van der Waals surface area contributed by atoms with Crippen molar-refractivity contribution in [2.75, 3.05) is 40.5 Å². The van der Waals surface area contributed by atoms with Gasteiger partial charge in [-0.2, -0.15) is 5.10 Å². The van der Waals surface area contributed by atoms with Crippen molar-refractivity contribution in [2.45, 2.75) is 6.54 Å². The molecule has 34 heavy (non-hydrogen) atoms. The number of morpholine rings is 1. The number of hydrogen-bond donors (Lipinski definition) is 2. The molecule has 0 unspecified atom stereocenters. The number of aromatic amines is 2. The smallest absolute Gasteiger partial charge is 0.350 e. The summed E-state index contributed by atoms with van der Waals surface area (Å²) < 4.78 is 17.0. The van der Waals surface area contributed by atoms with Crippen LogP contribution in [-0.2, 0) is 11.3 Å². The molecule has 0 bridgehead atoms. The summed E-state index contributed by atoms with van der Waals surface area (Å²) >= 11 is 0. The van der Waals surface area contributed by atoms with E-state index >= 15 is 0 Å². The SMILES string of the molecule is COc1ccc2c(c1)[nH]c1c(=O)n(N=Cc3ccc(OC)c(CN4CCOCC4)c3)c(=O)[nH]c12. The van der Waals surface area contributed by atoms with Gasteiger partial charge >= 0.3 is 11.2 Å². The van der Waals surface area contributed by atoms with Crippen LogP contribution in [0.3, 0.4) is 0 Å². The average Bonchev–Trinajstić information content (AvgIpc) is 3.22. The van der Waals surface area contributed by atoms with E-state index in [-0.39, 0.29) is 5.52 Å². The van der Waals surface area contributed by atoms with Gasteiger partial charge in [0.2, 0.25) is 0 Å². The highest BCUT2D eigenvalue weighted by Gasteiger charge is 2.15. The monoisotopic (exact) mass is 463 g/mol. The fourth-order valence-electron chi connectivity index (χ4n) is 4.18. The Bertz CT molecular complexity index is 1490. The van der Waals surface area contributed by atoms with Crippen LogP contribution in [-0.4, -0.2) is 66.3 Å². The Morgan fingerprint density at radius 1 is 1.03 bits per heavy atom. The van der Waals surface area contributed by atoms with Crippen LogP contribution in [0.25, 0.3) is 21.9 Å². The van der Waals surface area contributed by atoms with E-state index in [9.17, 15) is 9.59 Å². The molecule has 0 saturated carbocycles. The van der Waals surface area contributed by atoms with Gasteiger partial charge in [-0.05, 0) is 35.9 Å². The number of rotatable bonds is 6. The standard InChI is InChI=1S/C24H25N5O5/c1-32-17-4-5-18-19(12-17)26-22-21(18)27-24(31)29(23(22)30)25-13-15-3-6-20(33-2)16(11-15)14-28-7-9-34-10-8-28/h3-6,11-13,26H,7-10,14H2,1-2H3,(H,27,31). The molecule has 10 heteroatoms. The minimum absolute atomic E-state index is 0.266. The molecule has 1 aliphatic rings. The fourth-order valence-corrected chi connectivity index (χ4v) is 4.18. The third kappa shape index (κ3) is 4.09. The van der Waals surface area contributed by atoms with Crippen LogP contribution in [0.15, 0.2) is 51.1 Å². The molecule has 0 amide bonds. The molecule has 0 atom stereocenters. The zero-order chi connectivity index (χ0) is 23.7. The van der Waals surface area contributed by atoms with E-state index in [4.69, 9.17) is 14.2 Å². The van der Waals surface area contributed by atoms with Crippen molar-refractivity contribution in [1.29, 1.82) is 0 Å². The Kier molecular flexibility index (Phi) is 5.91. The molecular formula is C24H25N5O5. The molecule has 2 aromatic heterocycles. The first kappa shape index (κ1) is 21.9. The summed E-state index contributed by atoms with van der Waals surface area (Å²) in [5.41, 5.74) is 1.98. The summed E-state index contributed by atoms with van der Waals surface area (Å²) in [6.45, 7) is 3.82. The third-order valence-corrected chi connectivity index (χ3v) is 5.96. The molecule has 176 valence electrons. The maximum absolute atomic E-state index is 13.1. The molecule has 1 fully saturated rings. The van der Waals surface area contributed by atoms with Crippen molar-refractivity contribution >= 4 is 28.2 Å². The number of nitrogens with one attached hydrogen (secondary N) is 2. The zero-order valence-corrected chi connectivity index (χ0v) is 19.0. The molecule has 5 rings (SSSR count). The van der Waals surface area contributed by atoms with E-state index in [0.717, 1.165) is 40.0 Å². The lowest BCUT2D eigenvalue weighted by molar-refractivity contribution is 0.0339. The van der Waals surface area contributed by atoms with Gasteiger partial charge in [0.25, 0.3) is 0 Å². The topological polar surface area (TPSA) is 114 Å². The van der Waals surface area contributed by atoms with Crippen molar-refractivity contribution in [3.63, 3.8) is 0 Å². The largest absolute Gasteiger partial charge is 0.497 e. The Labute approximate surface area is 194 Å². The number of benzene rings is 2. The minimum atomic E-state index is -0.618. The Hall–Kier alpha value is -3.89. The number of nitrogens with zero attached hydrogens (tertiary/aromatic N) is 3. The molecule has 1 aliphatic heterocycles. The molecule has 1 saturated heterocycles. The normalized spacial score (nSPS) is 14.9. The van der Waals surface area contributed by atoms with E-state index in [1.54, 1.807) is 32.4 Å². The Morgan fingerprint density at radius 3 is 2.62 bits per heavy atom. The molecule has 0 aliphatic carbocycles. The first-order chi connectivity index (χ1) is 16.6. The number of fused-ring (bicyclic) bond motifs is 3. The summed E-state index contributed by atoms with van der Waals surface area (Å²) in [7, 11) is 3.20. The predicted octanol–water partition coefficient (Wildman–Crippen LogP) is 1.90. The van der Waals surface area contributed by atoms with Crippen molar-refractivity contribution in [3.05, 3.63) is 68.4 Å². The van der Waals surface area contributed by atoms with Gasteiger partial charge in [-0.1, -0.05) is 0 Å². The highest BCUT2D eigenvalue weighted by Crippen LogP contribution is 2.25. The van der Waals surface area contributed by atoms with Crippen LogP contribution in [0.5, 0.6) is 11.5 Å². The second-order valence-corrected chi connectivity index (χ2v) is 8.04. The fraction of sp³-hybridized carbons (Fsp3) is 0.292. The maximum atomic E-state index is 13.1. The molecule has 10 nitrogen and oxygen atoms in total.